The molecule has 0 saturated carbocycles. The second-order valence-electron chi connectivity index (χ2n) is 6.10. The average Bonchev–Trinajstić information content (AvgIpc) is 2.98. The Bertz CT molecular complexity index is 519. The zero-order valence-electron chi connectivity index (χ0n) is 11.5. The highest BCUT2D eigenvalue weighted by Crippen LogP contribution is 2.42. The summed E-state index contributed by atoms with van der Waals surface area (Å²) in [5.41, 5.74) is 4.92. The molecule has 1 saturated heterocycles. The summed E-state index contributed by atoms with van der Waals surface area (Å²) in [7, 11) is 0. The molecule has 1 atom stereocenters. The van der Waals surface area contributed by atoms with Crippen LogP contribution in [0.3, 0.4) is 0 Å². The molecule has 3 heteroatoms. The van der Waals surface area contributed by atoms with Crippen LogP contribution in [0.15, 0.2) is 41.2 Å². The van der Waals surface area contributed by atoms with E-state index in [9.17, 15) is 0 Å². The number of hydrogen-bond acceptors (Lipinski definition) is 3. The minimum atomic E-state index is 0.331. The molecule has 0 aliphatic carbocycles. The van der Waals surface area contributed by atoms with Gasteiger partial charge in [-0.25, -0.2) is 4.98 Å². The summed E-state index contributed by atoms with van der Waals surface area (Å²) in [6.07, 6.45) is 0. The Hall–Kier alpha value is -1.19. The van der Waals surface area contributed by atoms with Gasteiger partial charge in [0, 0.05) is 30.9 Å². The van der Waals surface area contributed by atoms with Crippen molar-refractivity contribution in [1.29, 1.82) is 0 Å². The van der Waals surface area contributed by atoms with Gasteiger partial charge in [-0.3, -0.25) is 4.90 Å². The molecule has 19 heavy (non-hydrogen) atoms. The molecule has 2 heterocycles. The van der Waals surface area contributed by atoms with Crippen molar-refractivity contribution in [1.82, 2.24) is 9.88 Å². The molecule has 2 nitrogen and oxygen atoms in total. The normalized spacial score (nSPS) is 22.7. The van der Waals surface area contributed by atoms with Gasteiger partial charge >= 0.3 is 0 Å². The van der Waals surface area contributed by atoms with Gasteiger partial charge in [0.2, 0.25) is 0 Å². The van der Waals surface area contributed by atoms with Gasteiger partial charge in [-0.05, 0) is 11.0 Å². The van der Waals surface area contributed by atoms with Crippen molar-refractivity contribution in [2.75, 3.05) is 13.1 Å². The van der Waals surface area contributed by atoms with Crippen molar-refractivity contribution in [2.24, 2.45) is 5.41 Å². The fourth-order valence-corrected chi connectivity index (χ4v) is 3.71. The van der Waals surface area contributed by atoms with Crippen molar-refractivity contribution < 1.29 is 0 Å². The molecule has 0 N–H and O–H groups in total. The molecule has 0 radical (unpaired) electrons. The van der Waals surface area contributed by atoms with Crippen LogP contribution < -0.4 is 0 Å². The number of hydrogen-bond donors (Lipinski definition) is 0. The van der Waals surface area contributed by atoms with Crippen LogP contribution in [0.2, 0.25) is 0 Å². The quantitative estimate of drug-likeness (QED) is 0.845. The second kappa shape index (κ2) is 5.06. The first-order chi connectivity index (χ1) is 9.15. The molecule has 3 rings (SSSR count). The van der Waals surface area contributed by atoms with E-state index in [1.54, 1.807) is 11.3 Å². The maximum atomic E-state index is 4.40. The van der Waals surface area contributed by atoms with Crippen molar-refractivity contribution in [3.05, 3.63) is 52.5 Å². The Morgan fingerprint density at radius 3 is 2.79 bits per heavy atom. The largest absolute Gasteiger partial charge is 0.296 e. The summed E-state index contributed by atoms with van der Waals surface area (Å²) in [4.78, 5) is 6.94. The first-order valence-electron chi connectivity index (χ1n) is 6.79. The van der Waals surface area contributed by atoms with E-state index in [2.05, 4.69) is 59.4 Å². The van der Waals surface area contributed by atoms with Gasteiger partial charge in [0.1, 0.15) is 0 Å². The minimum absolute atomic E-state index is 0.331. The van der Waals surface area contributed by atoms with Crippen molar-refractivity contribution in [3.63, 3.8) is 0 Å². The van der Waals surface area contributed by atoms with Gasteiger partial charge in [-0.15, -0.1) is 11.3 Å². The van der Waals surface area contributed by atoms with E-state index in [0.29, 0.717) is 11.3 Å². The summed E-state index contributed by atoms with van der Waals surface area (Å²) in [6, 6.07) is 10.9. The van der Waals surface area contributed by atoms with Gasteiger partial charge in [0.05, 0.1) is 11.2 Å². The monoisotopic (exact) mass is 272 g/mol. The van der Waals surface area contributed by atoms with Crippen LogP contribution in [0.4, 0.5) is 0 Å². The lowest BCUT2D eigenvalue weighted by atomic mass is 9.78. The van der Waals surface area contributed by atoms with Crippen molar-refractivity contribution >= 4 is 11.3 Å². The topological polar surface area (TPSA) is 16.1 Å². The molecule has 1 fully saturated rings. The third kappa shape index (κ3) is 2.72. The van der Waals surface area contributed by atoms with E-state index < -0.39 is 0 Å². The maximum absolute atomic E-state index is 4.40. The molecule has 0 spiro atoms. The molecule has 2 aromatic rings. The van der Waals surface area contributed by atoms with Crippen LogP contribution >= 0.6 is 11.3 Å². The summed E-state index contributed by atoms with van der Waals surface area (Å²) < 4.78 is 0. The lowest BCUT2D eigenvalue weighted by Crippen LogP contribution is -2.23. The van der Waals surface area contributed by atoms with Crippen LogP contribution in [-0.2, 0) is 6.54 Å². The number of benzene rings is 1. The third-order valence-corrected chi connectivity index (χ3v) is 4.72. The molecule has 1 aromatic carbocycles. The highest BCUT2D eigenvalue weighted by atomic mass is 32.1. The molecule has 1 aliphatic heterocycles. The minimum Gasteiger partial charge on any atom is -0.296 e. The predicted molar refractivity (Wildman–Crippen MR) is 80.4 cm³/mol. The van der Waals surface area contributed by atoms with E-state index in [4.69, 9.17) is 0 Å². The van der Waals surface area contributed by atoms with E-state index >= 15 is 0 Å². The van der Waals surface area contributed by atoms with Crippen LogP contribution in [-0.4, -0.2) is 23.0 Å². The van der Waals surface area contributed by atoms with E-state index in [0.717, 1.165) is 19.6 Å². The highest BCUT2D eigenvalue weighted by Gasteiger charge is 2.39. The fourth-order valence-electron chi connectivity index (χ4n) is 3.16. The molecule has 100 valence electrons. The van der Waals surface area contributed by atoms with Crippen LogP contribution in [0.1, 0.15) is 31.0 Å². The molecule has 0 unspecified atom stereocenters. The van der Waals surface area contributed by atoms with Crippen LogP contribution in [0.5, 0.6) is 0 Å². The number of rotatable bonds is 3. The number of nitrogens with zero attached hydrogens (tertiary/aromatic N) is 2. The molecule has 0 bridgehead atoms. The van der Waals surface area contributed by atoms with Gasteiger partial charge in [0.15, 0.2) is 0 Å². The van der Waals surface area contributed by atoms with Gasteiger partial charge in [-0.2, -0.15) is 0 Å². The van der Waals surface area contributed by atoms with E-state index in [-0.39, 0.29) is 0 Å². The van der Waals surface area contributed by atoms with E-state index in [1.807, 2.05) is 5.51 Å². The average molecular weight is 272 g/mol. The van der Waals surface area contributed by atoms with Crippen molar-refractivity contribution in [2.45, 2.75) is 26.3 Å². The number of aromatic nitrogens is 1. The third-order valence-electron chi connectivity index (χ3n) is 4.09. The summed E-state index contributed by atoms with van der Waals surface area (Å²) >= 11 is 1.68. The zero-order valence-corrected chi connectivity index (χ0v) is 12.4. The van der Waals surface area contributed by atoms with E-state index in [1.165, 1.54) is 11.3 Å². The van der Waals surface area contributed by atoms with Crippen LogP contribution in [0.25, 0.3) is 0 Å². The molecule has 1 aliphatic rings. The molecular weight excluding hydrogens is 252 g/mol. The Morgan fingerprint density at radius 2 is 2.11 bits per heavy atom. The lowest BCUT2D eigenvalue weighted by molar-refractivity contribution is 0.280. The maximum Gasteiger partial charge on any atom is 0.0795 e. The smallest absolute Gasteiger partial charge is 0.0795 e. The Morgan fingerprint density at radius 1 is 1.32 bits per heavy atom. The predicted octanol–water partition coefficient (Wildman–Crippen LogP) is 3.77. The Balaban J connectivity index is 1.76. The molecule has 0 amide bonds. The summed E-state index contributed by atoms with van der Waals surface area (Å²) in [5.74, 6) is 0.618. The van der Waals surface area contributed by atoms with Gasteiger partial charge in [0.25, 0.3) is 0 Å². The summed E-state index contributed by atoms with van der Waals surface area (Å²) in [5, 5.41) is 2.16. The Kier molecular flexibility index (Phi) is 3.42. The number of thiazole rings is 1. The first kappa shape index (κ1) is 12.8. The standard InChI is InChI=1S/C16H20N2S/c1-16(2)11-18(8-14-10-19-12-17-14)9-15(16)13-6-4-3-5-7-13/h3-7,10,12,15H,8-9,11H2,1-2H3/t15-/m0/s1. The SMILES string of the molecule is CC1(C)CN(Cc2cscn2)C[C@H]1c1ccccc1. The first-order valence-corrected chi connectivity index (χ1v) is 7.74. The van der Waals surface area contributed by atoms with Gasteiger partial charge < -0.3 is 0 Å². The molecule has 1 aromatic heterocycles. The lowest BCUT2D eigenvalue weighted by Gasteiger charge is -2.26. The highest BCUT2D eigenvalue weighted by molar-refractivity contribution is 7.07. The molecular formula is C16H20N2S. The Labute approximate surface area is 119 Å². The zero-order chi connectivity index (χ0) is 13.3. The summed E-state index contributed by atoms with van der Waals surface area (Å²) in [6.45, 7) is 8.02. The van der Waals surface area contributed by atoms with Gasteiger partial charge in [-0.1, -0.05) is 44.2 Å². The van der Waals surface area contributed by atoms with Crippen LogP contribution in [0, 0.1) is 5.41 Å². The fraction of sp³-hybridized carbons (Fsp3) is 0.438. The second-order valence-corrected chi connectivity index (χ2v) is 6.82. The number of likely N-dealkylation sites (tertiary alicyclic amines) is 1. The van der Waals surface area contributed by atoms with Crippen molar-refractivity contribution in [3.8, 4) is 0 Å².